The molecule has 0 aliphatic heterocycles. The Balaban J connectivity index is 2.26. The number of hydrogen-bond donors (Lipinski definition) is 1. The normalized spacial score (nSPS) is 10.4. The van der Waals surface area contributed by atoms with Crippen molar-refractivity contribution in [2.24, 2.45) is 5.73 Å². The lowest BCUT2D eigenvalue weighted by Crippen LogP contribution is -2.01. The number of imidazole rings is 1. The van der Waals surface area contributed by atoms with Gasteiger partial charge in [-0.3, -0.25) is 10.1 Å². The van der Waals surface area contributed by atoms with Crippen molar-refractivity contribution in [3.8, 4) is 0 Å². The molecular formula is C11H12N4O2. The fourth-order valence-electron chi connectivity index (χ4n) is 1.62. The molecule has 6 heteroatoms. The Hall–Kier alpha value is -2.21. The quantitative estimate of drug-likeness (QED) is 0.635. The minimum absolute atomic E-state index is 0.121. The molecular weight excluding hydrogens is 220 g/mol. The third kappa shape index (κ3) is 2.48. The van der Waals surface area contributed by atoms with Gasteiger partial charge in [0.25, 0.3) is 5.69 Å². The highest BCUT2D eigenvalue weighted by Crippen LogP contribution is 2.18. The summed E-state index contributed by atoms with van der Waals surface area (Å²) in [7, 11) is 0. The van der Waals surface area contributed by atoms with Crippen LogP contribution in [0.4, 0.5) is 5.69 Å². The first-order chi connectivity index (χ1) is 8.20. The summed E-state index contributed by atoms with van der Waals surface area (Å²) in [6.07, 6.45) is 3.41. The van der Waals surface area contributed by atoms with Crippen molar-refractivity contribution < 1.29 is 4.92 Å². The second-order valence-corrected chi connectivity index (χ2v) is 3.63. The lowest BCUT2D eigenvalue weighted by atomic mass is 10.2. The number of rotatable bonds is 4. The highest BCUT2D eigenvalue weighted by Gasteiger charge is 2.12. The maximum Gasteiger partial charge on any atom is 0.274 e. The lowest BCUT2D eigenvalue weighted by Gasteiger charge is -2.03. The number of nitro groups is 1. The fraction of sp³-hybridized carbons (Fsp3) is 0.182. The monoisotopic (exact) mass is 232 g/mol. The molecule has 2 aromatic rings. The van der Waals surface area contributed by atoms with Crippen LogP contribution < -0.4 is 5.73 Å². The molecule has 0 aliphatic rings. The van der Waals surface area contributed by atoms with Crippen molar-refractivity contribution in [3.63, 3.8) is 0 Å². The van der Waals surface area contributed by atoms with Crippen molar-refractivity contribution in [3.05, 3.63) is 58.2 Å². The predicted octanol–water partition coefficient (Wildman–Crippen LogP) is 1.30. The molecule has 0 spiro atoms. The number of para-hydroxylation sites is 1. The van der Waals surface area contributed by atoms with Crippen molar-refractivity contribution in [1.82, 2.24) is 9.55 Å². The van der Waals surface area contributed by atoms with E-state index in [9.17, 15) is 10.1 Å². The van der Waals surface area contributed by atoms with Crippen LogP contribution in [-0.2, 0) is 13.1 Å². The Labute approximate surface area is 97.9 Å². The number of aromatic nitrogens is 2. The van der Waals surface area contributed by atoms with E-state index in [4.69, 9.17) is 5.73 Å². The molecule has 0 amide bonds. The van der Waals surface area contributed by atoms with Gasteiger partial charge in [0, 0.05) is 24.4 Å². The van der Waals surface area contributed by atoms with E-state index in [0.29, 0.717) is 18.7 Å². The van der Waals surface area contributed by atoms with Gasteiger partial charge in [0.05, 0.1) is 23.5 Å². The van der Waals surface area contributed by atoms with Crippen molar-refractivity contribution in [2.45, 2.75) is 13.1 Å². The zero-order valence-corrected chi connectivity index (χ0v) is 9.11. The van der Waals surface area contributed by atoms with Crippen LogP contribution in [0.2, 0.25) is 0 Å². The van der Waals surface area contributed by atoms with Crippen LogP contribution in [0.3, 0.4) is 0 Å². The third-order valence-electron chi connectivity index (χ3n) is 2.44. The summed E-state index contributed by atoms with van der Waals surface area (Å²) in [5.41, 5.74) is 6.99. The van der Waals surface area contributed by atoms with Crippen LogP contribution >= 0.6 is 0 Å². The van der Waals surface area contributed by atoms with Crippen LogP contribution in [0.1, 0.15) is 11.3 Å². The van der Waals surface area contributed by atoms with Crippen LogP contribution in [0.15, 0.2) is 36.8 Å². The smallest absolute Gasteiger partial charge is 0.274 e. The van der Waals surface area contributed by atoms with Gasteiger partial charge >= 0.3 is 0 Å². The van der Waals surface area contributed by atoms with E-state index < -0.39 is 0 Å². The summed E-state index contributed by atoms with van der Waals surface area (Å²) in [6.45, 7) is 0.786. The van der Waals surface area contributed by atoms with Gasteiger partial charge in [0.1, 0.15) is 0 Å². The van der Waals surface area contributed by atoms with Gasteiger partial charge < -0.3 is 10.3 Å². The van der Waals surface area contributed by atoms with Crippen molar-refractivity contribution in [1.29, 1.82) is 0 Å². The number of nitrogens with two attached hydrogens (primary N) is 1. The number of benzene rings is 1. The van der Waals surface area contributed by atoms with Gasteiger partial charge in [-0.05, 0) is 0 Å². The largest absolute Gasteiger partial charge is 0.332 e. The molecule has 0 bridgehead atoms. The lowest BCUT2D eigenvalue weighted by molar-refractivity contribution is -0.385. The summed E-state index contributed by atoms with van der Waals surface area (Å²) >= 11 is 0. The van der Waals surface area contributed by atoms with Gasteiger partial charge in [-0.1, -0.05) is 18.2 Å². The fourth-order valence-corrected chi connectivity index (χ4v) is 1.62. The highest BCUT2D eigenvalue weighted by molar-refractivity contribution is 5.39. The Morgan fingerprint density at radius 3 is 2.82 bits per heavy atom. The summed E-state index contributed by atoms with van der Waals surface area (Å²) in [5, 5.41) is 10.8. The first-order valence-corrected chi connectivity index (χ1v) is 5.13. The molecule has 88 valence electrons. The van der Waals surface area contributed by atoms with Crippen LogP contribution in [-0.4, -0.2) is 14.5 Å². The van der Waals surface area contributed by atoms with E-state index in [0.717, 1.165) is 5.69 Å². The number of hydrogen-bond acceptors (Lipinski definition) is 4. The van der Waals surface area contributed by atoms with Gasteiger partial charge in [0.2, 0.25) is 0 Å². The summed E-state index contributed by atoms with van der Waals surface area (Å²) < 4.78 is 1.78. The average molecular weight is 232 g/mol. The number of nitrogens with zero attached hydrogens (tertiary/aromatic N) is 3. The molecule has 6 nitrogen and oxygen atoms in total. The Morgan fingerprint density at radius 1 is 1.41 bits per heavy atom. The molecule has 0 radical (unpaired) electrons. The van der Waals surface area contributed by atoms with Crippen molar-refractivity contribution in [2.75, 3.05) is 0 Å². The molecule has 2 N–H and O–H groups in total. The summed E-state index contributed by atoms with van der Waals surface area (Å²) in [4.78, 5) is 14.5. The van der Waals surface area contributed by atoms with Gasteiger partial charge in [-0.2, -0.15) is 0 Å². The Bertz CT molecular complexity index is 536. The standard InChI is InChI=1S/C11H12N4O2/c12-5-10-7-14(8-13-10)6-9-3-1-2-4-11(9)15(16)17/h1-4,7-8H,5-6,12H2. The zero-order chi connectivity index (χ0) is 12.3. The molecule has 1 aromatic carbocycles. The van der Waals surface area contributed by atoms with E-state index in [1.54, 1.807) is 35.3 Å². The molecule has 1 heterocycles. The maximum absolute atomic E-state index is 10.8. The molecule has 2 rings (SSSR count). The molecule has 0 saturated carbocycles. The minimum atomic E-state index is -0.379. The average Bonchev–Trinajstić information content (AvgIpc) is 2.77. The Kier molecular flexibility index (Phi) is 3.15. The van der Waals surface area contributed by atoms with Gasteiger partial charge in [-0.15, -0.1) is 0 Å². The van der Waals surface area contributed by atoms with Crippen molar-refractivity contribution >= 4 is 5.69 Å². The van der Waals surface area contributed by atoms with E-state index in [1.165, 1.54) is 6.07 Å². The summed E-state index contributed by atoms with van der Waals surface area (Å²) in [6, 6.07) is 6.67. The highest BCUT2D eigenvalue weighted by atomic mass is 16.6. The molecule has 0 fully saturated rings. The second kappa shape index (κ2) is 4.75. The topological polar surface area (TPSA) is 87.0 Å². The molecule has 17 heavy (non-hydrogen) atoms. The zero-order valence-electron chi connectivity index (χ0n) is 9.11. The Morgan fingerprint density at radius 2 is 2.18 bits per heavy atom. The molecule has 0 saturated heterocycles. The third-order valence-corrected chi connectivity index (χ3v) is 2.44. The van der Waals surface area contributed by atoms with E-state index in [-0.39, 0.29) is 10.6 Å². The number of nitro benzene ring substituents is 1. The molecule has 1 aromatic heterocycles. The molecule has 0 atom stereocenters. The van der Waals surface area contributed by atoms with Crippen LogP contribution in [0.5, 0.6) is 0 Å². The van der Waals surface area contributed by atoms with E-state index >= 15 is 0 Å². The predicted molar refractivity (Wildman–Crippen MR) is 62.3 cm³/mol. The van der Waals surface area contributed by atoms with Gasteiger partial charge in [0.15, 0.2) is 0 Å². The van der Waals surface area contributed by atoms with Gasteiger partial charge in [-0.25, -0.2) is 4.98 Å². The molecule has 0 aliphatic carbocycles. The minimum Gasteiger partial charge on any atom is -0.332 e. The summed E-state index contributed by atoms with van der Waals surface area (Å²) in [5.74, 6) is 0. The second-order valence-electron chi connectivity index (χ2n) is 3.63. The SMILES string of the molecule is NCc1cn(Cc2ccccc2[N+](=O)[O-])cn1. The van der Waals surface area contributed by atoms with Crippen LogP contribution in [0, 0.1) is 10.1 Å². The first kappa shape index (κ1) is 11.3. The van der Waals surface area contributed by atoms with E-state index in [2.05, 4.69) is 4.98 Å². The van der Waals surface area contributed by atoms with Crippen LogP contribution in [0.25, 0.3) is 0 Å². The first-order valence-electron chi connectivity index (χ1n) is 5.13. The van der Waals surface area contributed by atoms with E-state index in [1.807, 2.05) is 0 Å². The maximum atomic E-state index is 10.8. The molecule has 0 unspecified atom stereocenters.